The zero-order valence-electron chi connectivity index (χ0n) is 9.57. The fraction of sp³-hybridized carbons (Fsp3) is 1.00. The molecular formula is C11H22Cl2N2. The van der Waals surface area contributed by atoms with Gasteiger partial charge in [0, 0.05) is 17.3 Å². The summed E-state index contributed by atoms with van der Waals surface area (Å²) in [7, 11) is 0. The minimum atomic E-state index is -0.103. The van der Waals surface area contributed by atoms with E-state index in [-0.39, 0.29) is 5.54 Å². The molecule has 0 amide bonds. The minimum absolute atomic E-state index is 0.103. The molecule has 0 spiro atoms. The Bertz CT molecular complexity index is 166. The van der Waals surface area contributed by atoms with E-state index in [9.17, 15) is 0 Å². The van der Waals surface area contributed by atoms with E-state index in [4.69, 9.17) is 23.2 Å². The first-order chi connectivity index (χ1) is 7.20. The molecule has 0 aromatic heterocycles. The summed E-state index contributed by atoms with van der Waals surface area (Å²) in [6.07, 6.45) is 3.92. The normalized spacial score (nSPS) is 18.6. The van der Waals surface area contributed by atoms with E-state index in [1.54, 1.807) is 0 Å². The van der Waals surface area contributed by atoms with Crippen molar-refractivity contribution in [1.29, 1.82) is 0 Å². The van der Waals surface area contributed by atoms with Crippen LogP contribution < -0.4 is 5.32 Å². The van der Waals surface area contributed by atoms with Gasteiger partial charge in [-0.1, -0.05) is 0 Å². The standard InChI is InChI=1S/C11H22Cl2N2/c1-11(9-12,10-13)14-5-4-8-15-6-2-3-7-15/h14H,2-10H2,1H3. The maximum absolute atomic E-state index is 5.86. The molecule has 1 aliphatic rings. The van der Waals surface area contributed by atoms with Gasteiger partial charge in [-0.2, -0.15) is 0 Å². The van der Waals surface area contributed by atoms with Gasteiger partial charge in [-0.25, -0.2) is 0 Å². The van der Waals surface area contributed by atoms with Crippen molar-refractivity contribution in [3.63, 3.8) is 0 Å². The van der Waals surface area contributed by atoms with Crippen LogP contribution in [0.5, 0.6) is 0 Å². The summed E-state index contributed by atoms with van der Waals surface area (Å²) in [6, 6.07) is 0. The molecule has 0 saturated carbocycles. The Hall–Kier alpha value is 0.500. The zero-order valence-corrected chi connectivity index (χ0v) is 11.1. The van der Waals surface area contributed by atoms with Crippen LogP contribution >= 0.6 is 23.2 Å². The lowest BCUT2D eigenvalue weighted by Crippen LogP contribution is -2.46. The highest BCUT2D eigenvalue weighted by molar-refractivity contribution is 6.22. The van der Waals surface area contributed by atoms with Gasteiger partial charge < -0.3 is 10.2 Å². The molecule has 1 fully saturated rings. The fourth-order valence-corrected chi connectivity index (χ4v) is 2.30. The van der Waals surface area contributed by atoms with Crippen LogP contribution in [0.2, 0.25) is 0 Å². The van der Waals surface area contributed by atoms with Gasteiger partial charge in [0.2, 0.25) is 0 Å². The monoisotopic (exact) mass is 252 g/mol. The van der Waals surface area contributed by atoms with Gasteiger partial charge in [-0.3, -0.25) is 0 Å². The van der Waals surface area contributed by atoms with Gasteiger partial charge in [0.15, 0.2) is 0 Å². The molecule has 0 aromatic rings. The molecule has 1 rings (SSSR count). The zero-order chi connectivity index (χ0) is 11.1. The maximum Gasteiger partial charge on any atom is 0.0425 e. The predicted molar refractivity (Wildman–Crippen MR) is 68.1 cm³/mol. The third kappa shape index (κ3) is 4.90. The summed E-state index contributed by atoms with van der Waals surface area (Å²) in [6.45, 7) is 6.84. The number of hydrogen-bond donors (Lipinski definition) is 1. The molecule has 0 bridgehead atoms. The Morgan fingerprint density at radius 3 is 2.33 bits per heavy atom. The molecule has 0 radical (unpaired) electrons. The van der Waals surface area contributed by atoms with Crippen LogP contribution in [-0.2, 0) is 0 Å². The van der Waals surface area contributed by atoms with E-state index < -0.39 is 0 Å². The third-order valence-electron chi connectivity index (χ3n) is 2.99. The smallest absolute Gasteiger partial charge is 0.0425 e. The number of halogens is 2. The second-order valence-corrected chi connectivity index (χ2v) is 5.19. The highest BCUT2D eigenvalue weighted by Gasteiger charge is 2.20. The van der Waals surface area contributed by atoms with Crippen molar-refractivity contribution in [1.82, 2.24) is 10.2 Å². The van der Waals surface area contributed by atoms with E-state index in [1.165, 1.54) is 38.9 Å². The van der Waals surface area contributed by atoms with Crippen molar-refractivity contribution in [2.45, 2.75) is 31.7 Å². The van der Waals surface area contributed by atoms with Gasteiger partial charge in [0.25, 0.3) is 0 Å². The molecule has 1 N–H and O–H groups in total. The predicted octanol–water partition coefficient (Wildman–Crippen LogP) is 2.30. The first kappa shape index (κ1) is 13.6. The molecule has 4 heteroatoms. The second kappa shape index (κ2) is 6.95. The lowest BCUT2D eigenvalue weighted by atomic mass is 10.1. The summed E-state index contributed by atoms with van der Waals surface area (Å²) in [5.74, 6) is 1.14. The summed E-state index contributed by atoms with van der Waals surface area (Å²) in [4.78, 5) is 2.53. The number of nitrogens with one attached hydrogen (secondary N) is 1. The second-order valence-electron chi connectivity index (χ2n) is 4.66. The molecule has 0 unspecified atom stereocenters. The number of nitrogens with zero attached hydrogens (tertiary/aromatic N) is 1. The Balaban J connectivity index is 2.04. The van der Waals surface area contributed by atoms with Crippen LogP contribution in [0.15, 0.2) is 0 Å². The Kier molecular flexibility index (Phi) is 6.28. The number of rotatable bonds is 7. The van der Waals surface area contributed by atoms with Crippen molar-refractivity contribution in [3.8, 4) is 0 Å². The maximum atomic E-state index is 5.86. The molecule has 15 heavy (non-hydrogen) atoms. The molecule has 0 atom stereocenters. The molecule has 2 nitrogen and oxygen atoms in total. The number of alkyl halides is 2. The van der Waals surface area contributed by atoms with E-state index in [2.05, 4.69) is 17.1 Å². The minimum Gasteiger partial charge on any atom is -0.309 e. The van der Waals surface area contributed by atoms with Crippen molar-refractivity contribution in [3.05, 3.63) is 0 Å². The van der Waals surface area contributed by atoms with Gasteiger partial charge in [-0.05, 0) is 52.4 Å². The Morgan fingerprint density at radius 2 is 1.80 bits per heavy atom. The van der Waals surface area contributed by atoms with Crippen molar-refractivity contribution in [2.24, 2.45) is 0 Å². The molecule has 1 aliphatic heterocycles. The van der Waals surface area contributed by atoms with E-state index >= 15 is 0 Å². The van der Waals surface area contributed by atoms with Gasteiger partial charge in [0.1, 0.15) is 0 Å². The molecule has 1 heterocycles. The van der Waals surface area contributed by atoms with Crippen molar-refractivity contribution in [2.75, 3.05) is 37.9 Å². The molecule has 1 saturated heterocycles. The lowest BCUT2D eigenvalue weighted by Gasteiger charge is -2.26. The summed E-state index contributed by atoms with van der Waals surface area (Å²) < 4.78 is 0. The lowest BCUT2D eigenvalue weighted by molar-refractivity contribution is 0.321. The molecule has 0 aliphatic carbocycles. The van der Waals surface area contributed by atoms with Crippen LogP contribution in [0, 0.1) is 0 Å². The van der Waals surface area contributed by atoms with E-state index in [0.29, 0.717) is 11.8 Å². The van der Waals surface area contributed by atoms with Crippen molar-refractivity contribution >= 4 is 23.2 Å². The summed E-state index contributed by atoms with van der Waals surface area (Å²) >= 11 is 11.7. The van der Waals surface area contributed by atoms with Gasteiger partial charge in [-0.15, -0.1) is 23.2 Å². The quantitative estimate of drug-likeness (QED) is 0.553. The van der Waals surface area contributed by atoms with Gasteiger partial charge >= 0.3 is 0 Å². The SMILES string of the molecule is CC(CCl)(CCl)NCCCN1CCCC1. The van der Waals surface area contributed by atoms with Crippen LogP contribution in [-0.4, -0.2) is 48.4 Å². The average molecular weight is 253 g/mol. The largest absolute Gasteiger partial charge is 0.309 e. The van der Waals surface area contributed by atoms with E-state index in [1.807, 2.05) is 0 Å². The first-order valence-corrected chi connectivity index (χ1v) is 6.86. The number of hydrogen-bond acceptors (Lipinski definition) is 2. The van der Waals surface area contributed by atoms with Crippen LogP contribution in [0.4, 0.5) is 0 Å². The fourth-order valence-electron chi connectivity index (χ4n) is 1.83. The highest BCUT2D eigenvalue weighted by Crippen LogP contribution is 2.10. The summed E-state index contributed by atoms with van der Waals surface area (Å²) in [5, 5.41) is 3.43. The Labute approximate surface area is 103 Å². The molecule has 0 aromatic carbocycles. The van der Waals surface area contributed by atoms with Crippen LogP contribution in [0.25, 0.3) is 0 Å². The molecule has 90 valence electrons. The number of likely N-dealkylation sites (tertiary alicyclic amines) is 1. The van der Waals surface area contributed by atoms with Crippen molar-refractivity contribution < 1.29 is 0 Å². The topological polar surface area (TPSA) is 15.3 Å². The summed E-state index contributed by atoms with van der Waals surface area (Å²) in [5.41, 5.74) is -0.103. The first-order valence-electron chi connectivity index (χ1n) is 5.79. The third-order valence-corrected chi connectivity index (χ3v) is 4.17. The van der Waals surface area contributed by atoms with Crippen LogP contribution in [0.3, 0.4) is 0 Å². The Morgan fingerprint density at radius 1 is 1.20 bits per heavy atom. The highest BCUT2D eigenvalue weighted by atomic mass is 35.5. The molecular weight excluding hydrogens is 231 g/mol. The van der Waals surface area contributed by atoms with Gasteiger partial charge in [0.05, 0.1) is 0 Å². The van der Waals surface area contributed by atoms with E-state index in [0.717, 1.165) is 6.54 Å². The average Bonchev–Trinajstić information content (AvgIpc) is 2.77. The van der Waals surface area contributed by atoms with Crippen LogP contribution in [0.1, 0.15) is 26.2 Å².